The molecule has 1 aromatic carbocycles. The van der Waals surface area contributed by atoms with Gasteiger partial charge in [0.1, 0.15) is 0 Å². The second kappa shape index (κ2) is 21.4. The SMILES string of the molecule is CC.CC(=O)c1cccs1.CNC(=O)C1=C(\C)N=C(CCCCc2cccc(C)c2)CC\C(C)=C\1C.COC(C)=O. The number of benzene rings is 1. The van der Waals surface area contributed by atoms with E-state index in [9.17, 15) is 14.4 Å². The number of methoxy groups -OCH3 is 1. The largest absolute Gasteiger partial charge is 0.469 e. The topological polar surface area (TPSA) is 84.8 Å². The van der Waals surface area contributed by atoms with E-state index in [-0.39, 0.29) is 17.7 Å². The predicted octanol–water partition coefficient (Wildman–Crippen LogP) is 8.46. The molecule has 0 fully saturated rings. The van der Waals surface area contributed by atoms with E-state index in [4.69, 9.17) is 4.99 Å². The lowest BCUT2D eigenvalue weighted by molar-refractivity contribution is -0.137. The normalized spacial score (nSPS) is 16.1. The van der Waals surface area contributed by atoms with Crippen LogP contribution in [-0.4, -0.2) is 37.5 Å². The first-order valence-electron chi connectivity index (χ1n) is 14.3. The molecule has 2 aromatic rings. The molecule has 3 rings (SSSR count). The summed E-state index contributed by atoms with van der Waals surface area (Å²) in [5, 5.41) is 4.65. The van der Waals surface area contributed by atoms with Gasteiger partial charge in [0.05, 0.1) is 23.3 Å². The number of esters is 1. The van der Waals surface area contributed by atoms with Gasteiger partial charge in [-0.1, -0.05) is 55.3 Å². The van der Waals surface area contributed by atoms with Gasteiger partial charge in [-0.05, 0) is 95.7 Å². The second-order valence-corrected chi connectivity index (χ2v) is 10.5. The predicted molar refractivity (Wildman–Crippen MR) is 174 cm³/mol. The number of aryl methyl sites for hydroxylation is 2. The van der Waals surface area contributed by atoms with Crippen LogP contribution in [0.3, 0.4) is 0 Å². The number of nitrogens with one attached hydrogen (secondary N) is 1. The molecule has 2 heterocycles. The molecule has 1 N–H and O–H groups in total. The molecule has 41 heavy (non-hydrogen) atoms. The molecular weight excluding hydrogens is 532 g/mol. The van der Waals surface area contributed by atoms with Crippen LogP contribution in [0.4, 0.5) is 0 Å². The van der Waals surface area contributed by atoms with Crippen LogP contribution in [0.25, 0.3) is 0 Å². The van der Waals surface area contributed by atoms with Crippen LogP contribution < -0.4 is 5.32 Å². The van der Waals surface area contributed by atoms with Crippen molar-refractivity contribution in [3.05, 3.63) is 80.2 Å². The highest BCUT2D eigenvalue weighted by Crippen LogP contribution is 2.26. The zero-order valence-corrected chi connectivity index (χ0v) is 27.6. The minimum Gasteiger partial charge on any atom is -0.469 e. The third-order valence-corrected chi connectivity index (χ3v) is 7.34. The molecule has 6 nitrogen and oxygen atoms in total. The zero-order chi connectivity index (χ0) is 31.4. The van der Waals surface area contributed by atoms with Gasteiger partial charge in [0.15, 0.2) is 5.78 Å². The second-order valence-electron chi connectivity index (χ2n) is 9.55. The van der Waals surface area contributed by atoms with Crippen molar-refractivity contribution in [3.63, 3.8) is 0 Å². The monoisotopic (exact) mass is 582 g/mol. The molecule has 0 atom stereocenters. The summed E-state index contributed by atoms with van der Waals surface area (Å²) < 4.78 is 4.11. The number of rotatable bonds is 7. The molecule has 1 aliphatic heterocycles. The van der Waals surface area contributed by atoms with Gasteiger partial charge in [-0.15, -0.1) is 11.3 Å². The summed E-state index contributed by atoms with van der Waals surface area (Å²) >= 11 is 1.48. The third-order valence-electron chi connectivity index (χ3n) is 6.36. The molecule has 0 bridgehead atoms. The average molecular weight is 583 g/mol. The van der Waals surface area contributed by atoms with Crippen molar-refractivity contribution in [2.45, 2.75) is 93.9 Å². The summed E-state index contributed by atoms with van der Waals surface area (Å²) in [7, 11) is 3.03. The minimum atomic E-state index is -0.245. The van der Waals surface area contributed by atoms with E-state index >= 15 is 0 Å². The Labute approximate surface area is 252 Å². The summed E-state index contributed by atoms with van der Waals surface area (Å²) in [6.07, 6.45) is 6.41. The lowest BCUT2D eigenvalue weighted by Crippen LogP contribution is -2.23. The van der Waals surface area contributed by atoms with Crippen LogP contribution in [0, 0.1) is 6.92 Å². The quantitative estimate of drug-likeness (QED) is 0.202. The molecular formula is C34H50N2O4S. The van der Waals surface area contributed by atoms with Crippen molar-refractivity contribution < 1.29 is 19.1 Å². The van der Waals surface area contributed by atoms with Crippen molar-refractivity contribution in [2.24, 2.45) is 4.99 Å². The van der Waals surface area contributed by atoms with Crippen molar-refractivity contribution in [1.82, 2.24) is 5.32 Å². The molecule has 0 saturated heterocycles. The molecule has 1 amide bonds. The summed E-state index contributed by atoms with van der Waals surface area (Å²) in [5.41, 5.74) is 7.90. The van der Waals surface area contributed by atoms with E-state index in [1.54, 1.807) is 14.0 Å². The zero-order valence-electron chi connectivity index (χ0n) is 26.8. The first kappa shape index (κ1) is 37.7. The molecule has 7 heteroatoms. The number of ketones is 1. The number of ether oxygens (including phenoxy) is 1. The van der Waals surface area contributed by atoms with Gasteiger partial charge in [0.25, 0.3) is 5.91 Å². The maximum Gasteiger partial charge on any atom is 0.302 e. The first-order valence-corrected chi connectivity index (χ1v) is 15.2. The van der Waals surface area contributed by atoms with Crippen LogP contribution in [0.1, 0.15) is 101 Å². The number of hydrogen-bond acceptors (Lipinski definition) is 6. The lowest BCUT2D eigenvalue weighted by atomic mass is 9.93. The number of allylic oxidation sites excluding steroid dienone is 2. The number of amides is 1. The van der Waals surface area contributed by atoms with Crippen molar-refractivity contribution in [2.75, 3.05) is 14.2 Å². The number of thiophene rings is 1. The fourth-order valence-corrected chi connectivity index (χ4v) is 4.63. The number of carbonyl (C=O) groups excluding carboxylic acids is 3. The fourth-order valence-electron chi connectivity index (χ4n) is 4.00. The number of nitrogens with zero attached hydrogens (tertiary/aromatic N) is 1. The molecule has 1 aliphatic rings. The summed E-state index contributed by atoms with van der Waals surface area (Å²) in [6.45, 7) is 15.2. The molecule has 226 valence electrons. The highest BCUT2D eigenvalue weighted by atomic mass is 32.1. The Balaban J connectivity index is 0.000000872. The Morgan fingerprint density at radius 1 is 0.951 bits per heavy atom. The number of likely N-dealkylation sites (N-methyl/N-ethyl adjacent to an activating group) is 1. The average Bonchev–Trinajstić information content (AvgIpc) is 3.50. The van der Waals surface area contributed by atoms with E-state index in [0.717, 1.165) is 53.8 Å². The van der Waals surface area contributed by atoms with Gasteiger partial charge in [0, 0.05) is 19.7 Å². The van der Waals surface area contributed by atoms with Crippen molar-refractivity contribution in [3.8, 4) is 0 Å². The molecule has 0 radical (unpaired) electrons. The molecule has 0 unspecified atom stereocenters. The van der Waals surface area contributed by atoms with Crippen molar-refractivity contribution >= 4 is 34.7 Å². The van der Waals surface area contributed by atoms with Crippen LogP contribution in [0.15, 0.2) is 69.2 Å². The van der Waals surface area contributed by atoms with Gasteiger partial charge in [-0.3, -0.25) is 19.4 Å². The van der Waals surface area contributed by atoms with Gasteiger partial charge in [0.2, 0.25) is 0 Å². The maximum absolute atomic E-state index is 12.3. The molecule has 1 aromatic heterocycles. The molecule has 0 aliphatic carbocycles. The summed E-state index contributed by atoms with van der Waals surface area (Å²) in [5.74, 6) is -0.131. The van der Waals surface area contributed by atoms with Crippen LogP contribution >= 0.6 is 11.3 Å². The van der Waals surface area contributed by atoms with Crippen molar-refractivity contribution in [1.29, 1.82) is 0 Å². The lowest BCUT2D eigenvalue weighted by Gasteiger charge is -2.17. The van der Waals surface area contributed by atoms with Gasteiger partial charge < -0.3 is 10.1 Å². The van der Waals surface area contributed by atoms with Gasteiger partial charge in [-0.2, -0.15) is 0 Å². The number of carbonyl (C=O) groups is 3. The summed E-state index contributed by atoms with van der Waals surface area (Å²) in [6, 6.07) is 12.5. The maximum atomic E-state index is 12.3. The number of Topliss-reactive ketones (excluding diaryl/α,β-unsaturated/α-hetero) is 1. The Morgan fingerprint density at radius 2 is 1.59 bits per heavy atom. The van der Waals surface area contributed by atoms with Gasteiger partial charge in [-0.25, -0.2) is 0 Å². The number of unbranched alkanes of at least 4 members (excludes halogenated alkanes) is 1. The number of aliphatic imine (C=N–C) groups is 1. The van der Waals surface area contributed by atoms with E-state index in [1.165, 1.54) is 54.2 Å². The Hall–Kier alpha value is -3.32. The van der Waals surface area contributed by atoms with E-state index in [0.29, 0.717) is 0 Å². The highest BCUT2D eigenvalue weighted by Gasteiger charge is 2.18. The van der Waals surface area contributed by atoms with Crippen LogP contribution in [0.5, 0.6) is 0 Å². The van der Waals surface area contributed by atoms with Crippen LogP contribution in [-0.2, 0) is 20.7 Å². The van der Waals surface area contributed by atoms with Gasteiger partial charge >= 0.3 is 5.97 Å². The smallest absolute Gasteiger partial charge is 0.302 e. The van der Waals surface area contributed by atoms with Crippen LogP contribution in [0.2, 0.25) is 0 Å². The Bertz CT molecular complexity index is 1190. The first-order chi connectivity index (χ1) is 19.5. The standard InChI is InChI=1S/C23H32N2O.C6H6OS.C3H6O2.C2H6/c1-16-9-8-11-20(15-16)10-6-7-12-21-14-13-17(2)18(3)22(19(4)25-21)23(26)24-5;1-5(7)6-3-2-4-8-6;1-3(4)5-2;1-2/h8-9,11,15H,6-7,10,12-14H2,1-5H3,(H,24,26);2-4H,1H3;1-2H3;1-2H3/b18-17+,22-19+,25-21?;;;. The Kier molecular flexibility index (Phi) is 19.7. The molecule has 0 spiro atoms. The Morgan fingerprint density at radius 3 is 2.07 bits per heavy atom. The fraction of sp³-hybridized carbons (Fsp3) is 0.471. The van der Waals surface area contributed by atoms with E-state index < -0.39 is 0 Å². The molecule has 0 saturated carbocycles. The van der Waals surface area contributed by atoms with E-state index in [2.05, 4.69) is 48.2 Å². The minimum absolute atomic E-state index is 0.0382. The third kappa shape index (κ3) is 15.3. The van der Waals surface area contributed by atoms with E-state index in [1.807, 2.05) is 45.2 Å². The summed E-state index contributed by atoms with van der Waals surface area (Å²) in [4.78, 5) is 38.1. The number of hydrogen-bond donors (Lipinski definition) is 1. The highest BCUT2D eigenvalue weighted by molar-refractivity contribution is 7.12.